The van der Waals surface area contributed by atoms with Crippen molar-refractivity contribution in [3.63, 3.8) is 0 Å². The number of benzene rings is 1. The zero-order valence-electron chi connectivity index (χ0n) is 11.1. The van der Waals surface area contributed by atoms with Crippen LogP contribution < -0.4 is 4.74 Å². The van der Waals surface area contributed by atoms with Crippen LogP contribution in [-0.4, -0.2) is 30.1 Å². The zero-order valence-corrected chi connectivity index (χ0v) is 14.2. The molecule has 1 fully saturated rings. The zero-order chi connectivity index (χ0) is 15.5. The summed E-state index contributed by atoms with van der Waals surface area (Å²) < 4.78 is 11.0. The molecule has 0 saturated carbocycles. The smallest absolute Gasteiger partial charge is 0.312 e. The molecule has 1 aliphatic heterocycles. The van der Waals surface area contributed by atoms with Crippen LogP contribution in [0.25, 0.3) is 0 Å². The van der Waals surface area contributed by atoms with Crippen molar-refractivity contribution >= 4 is 44.8 Å². The molecular formula is C13H14BrCl2NO4. The average molecular weight is 399 g/mol. The van der Waals surface area contributed by atoms with Gasteiger partial charge in [0.25, 0.3) is 0 Å². The highest BCUT2D eigenvalue weighted by Gasteiger charge is 2.33. The predicted molar refractivity (Wildman–Crippen MR) is 84.9 cm³/mol. The normalized spacial score (nSPS) is 17.5. The largest absolute Gasteiger partial charge is 0.486 e. The lowest BCUT2D eigenvalue weighted by Crippen LogP contribution is -2.36. The van der Waals surface area contributed by atoms with E-state index in [2.05, 4.69) is 15.9 Å². The first kappa shape index (κ1) is 16.8. The van der Waals surface area contributed by atoms with Crippen LogP contribution in [0.4, 0.5) is 5.69 Å². The van der Waals surface area contributed by atoms with Crippen LogP contribution in [-0.2, 0) is 4.74 Å². The van der Waals surface area contributed by atoms with Gasteiger partial charge in [-0.1, -0.05) is 39.1 Å². The number of alkyl halides is 1. The monoisotopic (exact) mass is 397 g/mol. The maximum Gasteiger partial charge on any atom is 0.312 e. The lowest BCUT2D eigenvalue weighted by molar-refractivity contribution is -0.386. The van der Waals surface area contributed by atoms with E-state index in [0.717, 1.165) is 18.2 Å². The Hall–Kier alpha value is -0.560. The van der Waals surface area contributed by atoms with E-state index in [1.165, 1.54) is 12.1 Å². The lowest BCUT2D eigenvalue weighted by Gasteiger charge is -2.35. The highest BCUT2D eigenvalue weighted by molar-refractivity contribution is 9.09. The average Bonchev–Trinajstić information content (AvgIpc) is 2.48. The van der Waals surface area contributed by atoms with Gasteiger partial charge in [0.15, 0.2) is 5.75 Å². The minimum atomic E-state index is -0.525. The first-order valence-corrected chi connectivity index (χ1v) is 8.25. The second kappa shape index (κ2) is 7.13. The molecule has 0 unspecified atom stereocenters. The molecule has 0 bridgehead atoms. The third-order valence-electron chi connectivity index (χ3n) is 3.57. The van der Waals surface area contributed by atoms with Crippen molar-refractivity contribution in [1.82, 2.24) is 0 Å². The SMILES string of the molecule is O=[N+]([O-])c1cc(Cl)c(Cl)cc1OCC1(CBr)CCOCC1. The highest BCUT2D eigenvalue weighted by atomic mass is 79.9. The van der Waals surface area contributed by atoms with Gasteiger partial charge < -0.3 is 9.47 Å². The third kappa shape index (κ3) is 4.00. The van der Waals surface area contributed by atoms with Crippen LogP contribution in [0.15, 0.2) is 12.1 Å². The lowest BCUT2D eigenvalue weighted by atomic mass is 9.83. The number of nitro groups is 1. The maximum absolute atomic E-state index is 11.1. The van der Waals surface area contributed by atoms with Crippen molar-refractivity contribution in [2.45, 2.75) is 12.8 Å². The Labute approximate surface area is 140 Å². The van der Waals surface area contributed by atoms with Crippen LogP contribution in [0.2, 0.25) is 10.0 Å². The quantitative estimate of drug-likeness (QED) is 0.417. The van der Waals surface area contributed by atoms with Crippen molar-refractivity contribution in [2.24, 2.45) is 5.41 Å². The summed E-state index contributed by atoms with van der Waals surface area (Å²) >= 11 is 15.2. The van der Waals surface area contributed by atoms with Gasteiger partial charge in [0, 0.05) is 36.1 Å². The van der Waals surface area contributed by atoms with Gasteiger partial charge in [-0.2, -0.15) is 0 Å². The van der Waals surface area contributed by atoms with Crippen LogP contribution >= 0.6 is 39.1 Å². The molecule has 8 heteroatoms. The molecule has 21 heavy (non-hydrogen) atoms. The molecule has 1 aromatic carbocycles. The van der Waals surface area contributed by atoms with Gasteiger partial charge in [0.05, 0.1) is 21.6 Å². The van der Waals surface area contributed by atoms with Crippen molar-refractivity contribution in [2.75, 3.05) is 25.2 Å². The summed E-state index contributed by atoms with van der Waals surface area (Å²) in [5.74, 6) is 0.140. The summed E-state index contributed by atoms with van der Waals surface area (Å²) in [6.07, 6.45) is 1.68. The van der Waals surface area contributed by atoms with Gasteiger partial charge in [-0.05, 0) is 12.8 Å². The summed E-state index contributed by atoms with van der Waals surface area (Å²) in [4.78, 5) is 10.6. The fraction of sp³-hybridized carbons (Fsp3) is 0.538. The Bertz CT molecular complexity index is 535. The number of rotatable bonds is 5. The molecule has 1 heterocycles. The first-order chi connectivity index (χ1) is 9.97. The molecule has 0 radical (unpaired) electrons. The van der Waals surface area contributed by atoms with Gasteiger partial charge in [0.1, 0.15) is 0 Å². The third-order valence-corrected chi connectivity index (χ3v) is 5.48. The molecule has 1 aliphatic rings. The van der Waals surface area contributed by atoms with Gasteiger partial charge in [-0.15, -0.1) is 0 Å². The standard InChI is InChI=1S/C13H14BrCl2NO4/c14-7-13(1-3-20-4-2-13)8-21-12-6-10(16)9(15)5-11(12)17(18)19/h5-6H,1-4,7-8H2. The van der Waals surface area contributed by atoms with E-state index in [-0.39, 0.29) is 26.9 Å². The van der Waals surface area contributed by atoms with Gasteiger partial charge in [-0.3, -0.25) is 10.1 Å². The second-order valence-electron chi connectivity index (χ2n) is 5.03. The molecule has 0 N–H and O–H groups in total. The molecule has 0 amide bonds. The first-order valence-electron chi connectivity index (χ1n) is 6.37. The topological polar surface area (TPSA) is 61.6 Å². The molecule has 1 aromatic rings. The number of nitrogens with zero attached hydrogens (tertiary/aromatic N) is 1. The summed E-state index contributed by atoms with van der Waals surface area (Å²) in [6, 6.07) is 2.60. The van der Waals surface area contributed by atoms with Crippen LogP contribution in [0.5, 0.6) is 5.75 Å². The van der Waals surface area contributed by atoms with Crippen molar-refractivity contribution in [1.29, 1.82) is 0 Å². The molecule has 116 valence electrons. The van der Waals surface area contributed by atoms with Gasteiger partial charge in [0.2, 0.25) is 0 Å². The number of nitro benzene ring substituents is 1. The van der Waals surface area contributed by atoms with Crippen LogP contribution in [0, 0.1) is 15.5 Å². The Morgan fingerprint density at radius 2 is 1.95 bits per heavy atom. The Morgan fingerprint density at radius 1 is 1.33 bits per heavy atom. The molecule has 0 aromatic heterocycles. The Morgan fingerprint density at radius 3 is 2.52 bits per heavy atom. The predicted octanol–water partition coefficient (Wildman–Crippen LogP) is 4.47. The Balaban J connectivity index is 2.18. The molecule has 0 spiro atoms. The Kier molecular flexibility index (Phi) is 5.71. The van der Waals surface area contributed by atoms with E-state index in [4.69, 9.17) is 32.7 Å². The molecule has 5 nitrogen and oxygen atoms in total. The summed E-state index contributed by atoms with van der Waals surface area (Å²) in [5, 5.41) is 12.2. The van der Waals surface area contributed by atoms with E-state index in [9.17, 15) is 10.1 Å². The summed E-state index contributed by atoms with van der Waals surface area (Å²) in [5.41, 5.74) is -0.265. The fourth-order valence-electron chi connectivity index (χ4n) is 2.13. The summed E-state index contributed by atoms with van der Waals surface area (Å²) in [6.45, 7) is 1.69. The molecule has 2 rings (SSSR count). The number of halogens is 3. The van der Waals surface area contributed by atoms with E-state index in [0.29, 0.717) is 19.8 Å². The van der Waals surface area contributed by atoms with Crippen LogP contribution in [0.1, 0.15) is 12.8 Å². The minimum absolute atomic E-state index is 0.0851. The van der Waals surface area contributed by atoms with Gasteiger partial charge in [-0.25, -0.2) is 0 Å². The molecule has 1 saturated heterocycles. The summed E-state index contributed by atoms with van der Waals surface area (Å²) in [7, 11) is 0. The fourth-order valence-corrected chi connectivity index (χ4v) is 3.16. The van der Waals surface area contributed by atoms with E-state index < -0.39 is 4.92 Å². The molecule has 0 atom stereocenters. The van der Waals surface area contributed by atoms with Crippen molar-refractivity contribution < 1.29 is 14.4 Å². The van der Waals surface area contributed by atoms with Gasteiger partial charge >= 0.3 is 5.69 Å². The van der Waals surface area contributed by atoms with E-state index in [1.807, 2.05) is 0 Å². The molecular weight excluding hydrogens is 385 g/mol. The number of ether oxygens (including phenoxy) is 2. The molecule has 0 aliphatic carbocycles. The highest BCUT2D eigenvalue weighted by Crippen LogP contribution is 2.38. The van der Waals surface area contributed by atoms with E-state index in [1.54, 1.807) is 0 Å². The number of hydrogen-bond donors (Lipinski definition) is 0. The van der Waals surface area contributed by atoms with Crippen molar-refractivity contribution in [3.8, 4) is 5.75 Å². The maximum atomic E-state index is 11.1. The van der Waals surface area contributed by atoms with Crippen molar-refractivity contribution in [3.05, 3.63) is 32.3 Å². The van der Waals surface area contributed by atoms with E-state index >= 15 is 0 Å². The number of hydrogen-bond acceptors (Lipinski definition) is 4. The second-order valence-corrected chi connectivity index (χ2v) is 6.40. The van der Waals surface area contributed by atoms with Crippen LogP contribution in [0.3, 0.4) is 0 Å². The minimum Gasteiger partial charge on any atom is -0.486 e.